The van der Waals surface area contributed by atoms with Crippen molar-refractivity contribution in [3.8, 4) is 17.0 Å². The van der Waals surface area contributed by atoms with Crippen LogP contribution in [-0.2, 0) is 5.41 Å². The Morgan fingerprint density at radius 2 is 1.68 bits per heavy atom. The number of amides is 1. The molecule has 2 aromatic carbocycles. The van der Waals surface area contributed by atoms with Crippen LogP contribution in [0.4, 0.5) is 11.4 Å². The number of methoxy groups -OCH3 is 1. The molecule has 1 fully saturated rings. The van der Waals surface area contributed by atoms with E-state index in [1.807, 2.05) is 30.3 Å². The summed E-state index contributed by atoms with van der Waals surface area (Å²) >= 11 is 0. The minimum Gasteiger partial charge on any atom is -0.496 e. The third-order valence-corrected chi connectivity index (χ3v) is 6.79. The first-order valence-corrected chi connectivity index (χ1v) is 12.5. The summed E-state index contributed by atoms with van der Waals surface area (Å²) < 4.78 is 7.39. The summed E-state index contributed by atoms with van der Waals surface area (Å²) in [4.78, 5) is 32.8. The number of ether oxygens (including phenoxy) is 1. The number of carbonyl (C=O) groups is 1. The fraction of sp³-hybridized carbons (Fsp3) is 0.321. The molecule has 3 heterocycles. The van der Waals surface area contributed by atoms with Gasteiger partial charge in [0.25, 0.3) is 11.6 Å². The Hall–Kier alpha value is -4.47. The molecule has 5 rings (SSSR count). The molecule has 0 aliphatic carbocycles. The van der Waals surface area contributed by atoms with Crippen molar-refractivity contribution in [1.82, 2.24) is 19.5 Å². The normalized spacial score (nSPS) is 14.1. The lowest BCUT2D eigenvalue weighted by atomic mass is 9.93. The number of rotatable bonds is 5. The van der Waals surface area contributed by atoms with Crippen LogP contribution < -0.4 is 9.64 Å². The number of fused-ring (bicyclic) bond motifs is 1. The van der Waals surface area contributed by atoms with Crippen molar-refractivity contribution < 1.29 is 14.5 Å². The fourth-order valence-corrected chi connectivity index (χ4v) is 4.61. The molecule has 0 radical (unpaired) electrons. The summed E-state index contributed by atoms with van der Waals surface area (Å²) in [5.74, 6) is 0.536. The Morgan fingerprint density at radius 3 is 2.32 bits per heavy atom. The monoisotopic (exact) mass is 514 g/mol. The summed E-state index contributed by atoms with van der Waals surface area (Å²) in [6.07, 6.45) is 0. The average Bonchev–Trinajstić information content (AvgIpc) is 3.37. The molecule has 0 unspecified atom stereocenters. The van der Waals surface area contributed by atoms with Crippen molar-refractivity contribution in [1.29, 1.82) is 0 Å². The van der Waals surface area contributed by atoms with Crippen LogP contribution in [0.2, 0.25) is 0 Å². The number of carbonyl (C=O) groups excluding carboxylic acids is 1. The van der Waals surface area contributed by atoms with E-state index < -0.39 is 4.92 Å². The van der Waals surface area contributed by atoms with Crippen molar-refractivity contribution in [2.45, 2.75) is 26.2 Å². The molecular formula is C28H30N6O4. The molecule has 10 nitrogen and oxygen atoms in total. The number of hydrogen-bond acceptors (Lipinski definition) is 7. The second-order valence-electron chi connectivity index (χ2n) is 10.3. The average molecular weight is 515 g/mol. The number of nitro groups is 1. The molecular weight excluding hydrogens is 484 g/mol. The maximum Gasteiger partial charge on any atom is 0.272 e. The zero-order valence-corrected chi connectivity index (χ0v) is 21.9. The summed E-state index contributed by atoms with van der Waals surface area (Å²) in [6.45, 7) is 8.53. The highest BCUT2D eigenvalue weighted by atomic mass is 16.6. The van der Waals surface area contributed by atoms with E-state index >= 15 is 0 Å². The Kier molecular flexibility index (Phi) is 6.48. The number of piperazine rings is 1. The second-order valence-corrected chi connectivity index (χ2v) is 10.3. The molecule has 4 aromatic rings. The van der Waals surface area contributed by atoms with Gasteiger partial charge in [0, 0.05) is 61.0 Å². The van der Waals surface area contributed by atoms with Gasteiger partial charge in [-0.15, -0.1) is 0 Å². The molecule has 2 aromatic heterocycles. The van der Waals surface area contributed by atoms with Crippen molar-refractivity contribution in [3.05, 3.63) is 82.2 Å². The molecule has 0 spiro atoms. The van der Waals surface area contributed by atoms with Gasteiger partial charge >= 0.3 is 0 Å². The number of nitrogens with zero attached hydrogens (tertiary/aromatic N) is 6. The van der Waals surface area contributed by atoms with Gasteiger partial charge in [-0.1, -0.05) is 32.9 Å². The predicted molar refractivity (Wildman–Crippen MR) is 145 cm³/mol. The van der Waals surface area contributed by atoms with Gasteiger partial charge in [0.1, 0.15) is 11.4 Å². The summed E-state index contributed by atoms with van der Waals surface area (Å²) in [6, 6.07) is 17.9. The van der Waals surface area contributed by atoms with Crippen LogP contribution in [0.15, 0.2) is 60.7 Å². The lowest BCUT2D eigenvalue weighted by Crippen LogP contribution is -2.49. The second kappa shape index (κ2) is 9.77. The number of non-ortho nitro benzene ring substituents is 1. The van der Waals surface area contributed by atoms with Crippen molar-refractivity contribution in [2.75, 3.05) is 38.2 Å². The van der Waals surface area contributed by atoms with E-state index in [2.05, 4.69) is 25.7 Å². The first-order valence-electron chi connectivity index (χ1n) is 12.5. The molecule has 0 saturated carbocycles. The molecule has 38 heavy (non-hydrogen) atoms. The standard InChI is InChI=1S/C28H30N6O4/c1-28(2,3)25-18-26-29-22(17-23(33(26)30-25)21-7-5-6-8-24(21)38-4)27(35)32-15-13-31(14-16-32)19-9-11-20(12-10-19)34(36)37/h5-12,17-18H,13-16H2,1-4H3. The molecule has 0 atom stereocenters. The van der Waals surface area contributed by atoms with Crippen LogP contribution in [0.1, 0.15) is 37.0 Å². The molecule has 1 aliphatic heterocycles. The highest BCUT2D eigenvalue weighted by Gasteiger charge is 2.27. The van der Waals surface area contributed by atoms with Crippen molar-refractivity contribution in [2.24, 2.45) is 0 Å². The van der Waals surface area contributed by atoms with Crippen molar-refractivity contribution >= 4 is 22.9 Å². The summed E-state index contributed by atoms with van der Waals surface area (Å²) in [7, 11) is 1.62. The first kappa shape index (κ1) is 25.2. The maximum atomic E-state index is 13.7. The van der Waals surface area contributed by atoms with Gasteiger partial charge in [-0.05, 0) is 30.3 Å². The molecule has 0 N–H and O–H groups in total. The quantitative estimate of drug-likeness (QED) is 0.284. The van der Waals surface area contributed by atoms with E-state index in [-0.39, 0.29) is 17.0 Å². The number of aromatic nitrogens is 3. The van der Waals surface area contributed by atoms with Gasteiger partial charge in [-0.3, -0.25) is 14.9 Å². The van der Waals surface area contributed by atoms with Crippen LogP contribution in [0, 0.1) is 10.1 Å². The SMILES string of the molecule is COc1ccccc1-c1cc(C(=O)N2CCN(c3ccc([N+](=O)[O-])cc3)CC2)nc2cc(C(C)(C)C)nn12. The number of benzene rings is 2. The first-order chi connectivity index (χ1) is 18.2. The van der Waals surface area contributed by atoms with E-state index in [9.17, 15) is 14.9 Å². The van der Waals surface area contributed by atoms with Gasteiger partial charge < -0.3 is 14.5 Å². The molecule has 10 heteroatoms. The maximum absolute atomic E-state index is 13.7. The van der Waals surface area contributed by atoms with E-state index in [4.69, 9.17) is 14.8 Å². The Balaban J connectivity index is 1.45. The number of nitro benzene ring substituents is 1. The fourth-order valence-electron chi connectivity index (χ4n) is 4.61. The predicted octanol–water partition coefficient (Wildman–Crippen LogP) is 4.57. The Morgan fingerprint density at radius 1 is 1.00 bits per heavy atom. The highest BCUT2D eigenvalue weighted by Crippen LogP contribution is 2.32. The van der Waals surface area contributed by atoms with Crippen LogP contribution in [0.5, 0.6) is 5.75 Å². The highest BCUT2D eigenvalue weighted by molar-refractivity contribution is 5.94. The van der Waals surface area contributed by atoms with Gasteiger partial charge in [0.05, 0.1) is 23.4 Å². The van der Waals surface area contributed by atoms with Crippen LogP contribution >= 0.6 is 0 Å². The zero-order chi connectivity index (χ0) is 27.0. The zero-order valence-electron chi connectivity index (χ0n) is 21.9. The minimum absolute atomic E-state index is 0.0596. The number of para-hydroxylation sites is 1. The molecule has 1 aliphatic rings. The lowest BCUT2D eigenvalue weighted by molar-refractivity contribution is -0.384. The van der Waals surface area contributed by atoms with E-state index in [1.165, 1.54) is 12.1 Å². The topological polar surface area (TPSA) is 106 Å². The third-order valence-electron chi connectivity index (χ3n) is 6.79. The van der Waals surface area contributed by atoms with Gasteiger partial charge in [-0.2, -0.15) is 5.10 Å². The smallest absolute Gasteiger partial charge is 0.272 e. The number of anilines is 1. The largest absolute Gasteiger partial charge is 0.496 e. The third kappa shape index (κ3) is 4.77. The summed E-state index contributed by atoms with van der Waals surface area (Å²) in [5, 5.41) is 15.8. The van der Waals surface area contributed by atoms with Gasteiger partial charge in [-0.25, -0.2) is 9.50 Å². The Labute approximate surface area is 220 Å². The van der Waals surface area contributed by atoms with E-state index in [1.54, 1.807) is 34.7 Å². The lowest BCUT2D eigenvalue weighted by Gasteiger charge is -2.36. The van der Waals surface area contributed by atoms with Crippen LogP contribution in [-0.4, -0.2) is 63.6 Å². The molecule has 0 bridgehead atoms. The molecule has 196 valence electrons. The van der Waals surface area contributed by atoms with Crippen LogP contribution in [0.25, 0.3) is 16.9 Å². The van der Waals surface area contributed by atoms with Crippen LogP contribution in [0.3, 0.4) is 0 Å². The summed E-state index contributed by atoms with van der Waals surface area (Å²) in [5.41, 5.74) is 4.15. The van der Waals surface area contributed by atoms with Crippen molar-refractivity contribution in [3.63, 3.8) is 0 Å². The molecule has 1 amide bonds. The Bertz CT molecular complexity index is 1500. The molecule has 1 saturated heterocycles. The minimum atomic E-state index is -0.408. The van der Waals surface area contributed by atoms with Gasteiger partial charge in [0.15, 0.2) is 5.65 Å². The number of hydrogen-bond donors (Lipinski definition) is 0. The van der Waals surface area contributed by atoms with E-state index in [0.717, 1.165) is 22.6 Å². The van der Waals surface area contributed by atoms with Gasteiger partial charge in [0.2, 0.25) is 0 Å². The van der Waals surface area contributed by atoms with E-state index in [0.29, 0.717) is 43.3 Å².